The van der Waals surface area contributed by atoms with Crippen LogP contribution in [0.2, 0.25) is 5.02 Å². The number of benzene rings is 1. The average Bonchev–Trinajstić information content (AvgIpc) is 2.73. The lowest BCUT2D eigenvalue weighted by Gasteiger charge is -2.36. The van der Waals surface area contributed by atoms with Gasteiger partial charge in [-0.3, -0.25) is 4.79 Å². The fourth-order valence-electron chi connectivity index (χ4n) is 3.82. The van der Waals surface area contributed by atoms with Gasteiger partial charge in [0, 0.05) is 64.1 Å². The maximum atomic E-state index is 13.3. The Morgan fingerprint density at radius 2 is 1.63 bits per heavy atom. The van der Waals surface area contributed by atoms with Crippen LogP contribution in [0.1, 0.15) is 16.1 Å². The number of anilines is 2. The molecule has 0 bridgehead atoms. The highest BCUT2D eigenvalue weighted by Crippen LogP contribution is 2.22. The highest BCUT2D eigenvalue weighted by Gasteiger charge is 2.26. The normalized spacial score (nSPS) is 18.1. The molecule has 0 spiro atoms. The molecule has 9 heteroatoms. The van der Waals surface area contributed by atoms with Gasteiger partial charge in [-0.1, -0.05) is 11.6 Å². The van der Waals surface area contributed by atoms with Gasteiger partial charge in [0.2, 0.25) is 5.95 Å². The van der Waals surface area contributed by atoms with E-state index in [2.05, 4.69) is 26.7 Å². The van der Waals surface area contributed by atoms with Gasteiger partial charge < -0.3 is 19.6 Å². The molecular weight excluding hydrogens is 407 g/mol. The maximum absolute atomic E-state index is 13.3. The van der Waals surface area contributed by atoms with Gasteiger partial charge in [-0.05, 0) is 32.2 Å². The number of hydrogen-bond acceptors (Lipinski definition) is 6. The van der Waals surface area contributed by atoms with Crippen molar-refractivity contribution in [3.63, 3.8) is 0 Å². The van der Waals surface area contributed by atoms with E-state index in [-0.39, 0.29) is 10.9 Å². The Bertz CT molecular complexity index is 926. The van der Waals surface area contributed by atoms with E-state index < -0.39 is 5.82 Å². The molecule has 0 unspecified atom stereocenters. The molecule has 0 N–H and O–H groups in total. The Morgan fingerprint density at radius 3 is 2.30 bits per heavy atom. The molecule has 2 fully saturated rings. The number of halogens is 2. The number of amides is 1. The Labute approximate surface area is 181 Å². The molecule has 30 heavy (non-hydrogen) atoms. The van der Waals surface area contributed by atoms with E-state index in [4.69, 9.17) is 16.6 Å². The molecule has 7 nitrogen and oxygen atoms in total. The Hall–Kier alpha value is -2.45. The van der Waals surface area contributed by atoms with Crippen molar-refractivity contribution in [3.05, 3.63) is 46.4 Å². The second kappa shape index (κ2) is 8.73. The minimum Gasteiger partial charge on any atom is -0.354 e. The van der Waals surface area contributed by atoms with Gasteiger partial charge in [0.05, 0.1) is 10.6 Å². The molecule has 0 atom stereocenters. The van der Waals surface area contributed by atoms with Gasteiger partial charge in [-0.15, -0.1) is 0 Å². The minimum absolute atomic E-state index is 0.140. The zero-order valence-corrected chi connectivity index (χ0v) is 18.1. The maximum Gasteiger partial charge on any atom is 0.255 e. The molecule has 2 aliphatic heterocycles. The topological polar surface area (TPSA) is 55.8 Å². The summed E-state index contributed by atoms with van der Waals surface area (Å²) < 4.78 is 13.3. The predicted molar refractivity (Wildman–Crippen MR) is 116 cm³/mol. The molecule has 2 saturated heterocycles. The number of piperazine rings is 2. The molecule has 2 aromatic rings. The van der Waals surface area contributed by atoms with Crippen molar-refractivity contribution in [3.8, 4) is 0 Å². The van der Waals surface area contributed by atoms with E-state index in [0.717, 1.165) is 37.7 Å². The largest absolute Gasteiger partial charge is 0.354 e. The summed E-state index contributed by atoms with van der Waals surface area (Å²) in [5.41, 5.74) is 1.27. The number of aryl methyl sites for hydroxylation is 1. The van der Waals surface area contributed by atoms with Crippen LogP contribution in [0.5, 0.6) is 0 Å². The first-order valence-corrected chi connectivity index (χ1v) is 10.6. The van der Waals surface area contributed by atoms with E-state index in [1.54, 1.807) is 4.90 Å². The molecule has 0 radical (unpaired) electrons. The van der Waals surface area contributed by atoms with Gasteiger partial charge in [-0.2, -0.15) is 4.98 Å². The molecule has 160 valence electrons. The summed E-state index contributed by atoms with van der Waals surface area (Å²) in [6, 6.07) is 5.91. The van der Waals surface area contributed by atoms with Crippen LogP contribution in [-0.4, -0.2) is 85.1 Å². The Kier molecular flexibility index (Phi) is 6.06. The van der Waals surface area contributed by atoms with Gasteiger partial charge >= 0.3 is 0 Å². The first kappa shape index (κ1) is 20.8. The van der Waals surface area contributed by atoms with E-state index in [1.807, 2.05) is 13.0 Å². The van der Waals surface area contributed by atoms with Gasteiger partial charge in [-0.25, -0.2) is 9.37 Å². The summed E-state index contributed by atoms with van der Waals surface area (Å²) in [5.74, 6) is 1.04. The third-order valence-corrected chi connectivity index (χ3v) is 5.98. The van der Waals surface area contributed by atoms with E-state index in [0.29, 0.717) is 37.7 Å². The molecule has 4 rings (SSSR count). The summed E-state index contributed by atoms with van der Waals surface area (Å²) in [6.45, 7) is 8.27. The molecule has 1 aromatic heterocycles. The van der Waals surface area contributed by atoms with Crippen molar-refractivity contribution in [2.45, 2.75) is 6.92 Å². The number of carbonyl (C=O) groups is 1. The predicted octanol–water partition coefficient (Wildman–Crippen LogP) is 2.29. The van der Waals surface area contributed by atoms with Crippen molar-refractivity contribution in [1.29, 1.82) is 0 Å². The molecule has 0 saturated carbocycles. The summed E-state index contributed by atoms with van der Waals surface area (Å²) in [7, 11) is 2.13. The van der Waals surface area contributed by atoms with Crippen LogP contribution in [-0.2, 0) is 0 Å². The van der Waals surface area contributed by atoms with E-state index >= 15 is 0 Å². The quantitative estimate of drug-likeness (QED) is 0.741. The summed E-state index contributed by atoms with van der Waals surface area (Å²) in [6.07, 6.45) is 0. The summed E-state index contributed by atoms with van der Waals surface area (Å²) >= 11 is 6.06. The number of aromatic nitrogens is 2. The molecule has 2 aliphatic rings. The zero-order valence-electron chi connectivity index (χ0n) is 17.3. The van der Waals surface area contributed by atoms with Crippen LogP contribution < -0.4 is 9.80 Å². The lowest BCUT2D eigenvalue weighted by atomic mass is 10.1. The first-order valence-electron chi connectivity index (χ1n) is 10.2. The first-order chi connectivity index (χ1) is 14.4. The number of nitrogens with zero attached hydrogens (tertiary/aromatic N) is 6. The average molecular weight is 433 g/mol. The van der Waals surface area contributed by atoms with Crippen molar-refractivity contribution >= 4 is 29.3 Å². The SMILES string of the molecule is Cc1cc(N2CCN(C)CC2)nc(N2CCN(C(=O)c3ccc(F)cc3Cl)CC2)n1. The van der Waals surface area contributed by atoms with Crippen LogP contribution >= 0.6 is 11.6 Å². The highest BCUT2D eigenvalue weighted by atomic mass is 35.5. The van der Waals surface area contributed by atoms with Crippen molar-refractivity contribution < 1.29 is 9.18 Å². The second-order valence-corrected chi connectivity index (χ2v) is 8.27. The third-order valence-electron chi connectivity index (χ3n) is 5.67. The fourth-order valence-corrected chi connectivity index (χ4v) is 4.07. The minimum atomic E-state index is -0.450. The number of likely N-dealkylation sites (N-methyl/N-ethyl adjacent to an activating group) is 1. The smallest absolute Gasteiger partial charge is 0.255 e. The molecule has 1 aromatic carbocycles. The second-order valence-electron chi connectivity index (χ2n) is 7.86. The van der Waals surface area contributed by atoms with Crippen molar-refractivity contribution in [2.24, 2.45) is 0 Å². The van der Waals surface area contributed by atoms with Crippen LogP contribution in [0, 0.1) is 12.7 Å². The van der Waals surface area contributed by atoms with E-state index in [9.17, 15) is 9.18 Å². The summed E-state index contributed by atoms with van der Waals surface area (Å²) in [4.78, 5) is 30.7. The standard InChI is InChI=1S/C21H26ClFN6O/c1-15-13-19(27-7-5-26(2)6-8-27)25-21(24-15)29-11-9-28(10-12-29)20(30)17-4-3-16(23)14-18(17)22/h3-4,13-14H,5-12H2,1-2H3. The van der Waals surface area contributed by atoms with Gasteiger partial charge in [0.15, 0.2) is 0 Å². The molecular formula is C21H26ClFN6O. The van der Waals surface area contributed by atoms with Gasteiger partial charge in [0.1, 0.15) is 11.6 Å². The fraction of sp³-hybridized carbons (Fsp3) is 0.476. The van der Waals surface area contributed by atoms with Crippen LogP contribution in [0.15, 0.2) is 24.3 Å². The lowest BCUT2D eigenvalue weighted by molar-refractivity contribution is 0.0746. The van der Waals surface area contributed by atoms with Crippen molar-refractivity contribution in [2.75, 3.05) is 69.2 Å². The Balaban J connectivity index is 1.43. The zero-order chi connectivity index (χ0) is 21.3. The van der Waals surface area contributed by atoms with Crippen LogP contribution in [0.4, 0.5) is 16.2 Å². The van der Waals surface area contributed by atoms with Crippen LogP contribution in [0.3, 0.4) is 0 Å². The monoisotopic (exact) mass is 432 g/mol. The van der Waals surface area contributed by atoms with Crippen LogP contribution in [0.25, 0.3) is 0 Å². The van der Waals surface area contributed by atoms with Gasteiger partial charge in [0.25, 0.3) is 5.91 Å². The molecule has 0 aliphatic carbocycles. The molecule has 1 amide bonds. The third kappa shape index (κ3) is 4.49. The molecule has 3 heterocycles. The highest BCUT2D eigenvalue weighted by molar-refractivity contribution is 6.33. The van der Waals surface area contributed by atoms with Crippen molar-refractivity contribution in [1.82, 2.24) is 19.8 Å². The number of hydrogen-bond donors (Lipinski definition) is 0. The number of rotatable bonds is 3. The summed E-state index contributed by atoms with van der Waals surface area (Å²) in [5, 5.41) is 0.140. The Morgan fingerprint density at radius 1 is 0.967 bits per heavy atom. The van der Waals surface area contributed by atoms with E-state index in [1.165, 1.54) is 18.2 Å². The lowest BCUT2D eigenvalue weighted by Crippen LogP contribution is -2.49. The number of carbonyl (C=O) groups excluding carboxylic acids is 1.